The molecule has 0 unspecified atom stereocenters. The van der Waals surface area contributed by atoms with E-state index in [1.54, 1.807) is 0 Å². The summed E-state index contributed by atoms with van der Waals surface area (Å²) in [5.41, 5.74) is -0.679. The lowest BCUT2D eigenvalue weighted by Gasteiger charge is -2.23. The molecule has 1 saturated carbocycles. The van der Waals surface area contributed by atoms with Crippen molar-refractivity contribution in [1.82, 2.24) is 0 Å². The first-order valence-corrected chi connectivity index (χ1v) is 4.12. The van der Waals surface area contributed by atoms with E-state index in [0.29, 0.717) is 6.54 Å². The van der Waals surface area contributed by atoms with Gasteiger partial charge in [0.25, 0.3) is 0 Å². The fourth-order valence-corrected chi connectivity index (χ4v) is 1.82. The first-order valence-electron chi connectivity index (χ1n) is 4.12. The van der Waals surface area contributed by atoms with Crippen LogP contribution in [0.25, 0.3) is 0 Å². The molecule has 1 heterocycles. The van der Waals surface area contributed by atoms with Crippen LogP contribution in [0.3, 0.4) is 0 Å². The first kappa shape index (κ1) is 7.71. The molecule has 12 heavy (non-hydrogen) atoms. The molecule has 0 aromatic heterocycles. The summed E-state index contributed by atoms with van der Waals surface area (Å²) in [5, 5.41) is 7.95. The van der Waals surface area contributed by atoms with E-state index in [-0.39, 0.29) is 11.4 Å². The van der Waals surface area contributed by atoms with Gasteiger partial charge in [-0.2, -0.15) is 10.2 Å². The summed E-state index contributed by atoms with van der Waals surface area (Å²) in [6.07, 6.45) is 2.09. The largest absolute Gasteiger partial charge is 0.467 e. The zero-order chi connectivity index (χ0) is 8.82. The summed E-state index contributed by atoms with van der Waals surface area (Å²) in [6, 6.07) is 0. The molecule has 0 aromatic rings. The molecule has 1 spiro atoms. The molecule has 1 aliphatic heterocycles. The minimum absolute atomic E-state index is 0.0140. The molecule has 66 valence electrons. The minimum atomic E-state index is -0.693. The highest BCUT2D eigenvalue weighted by Crippen LogP contribution is 2.59. The van der Waals surface area contributed by atoms with E-state index >= 15 is 0 Å². The predicted octanol–water partition coefficient (Wildman–Crippen LogP) is 1.16. The third-order valence-electron chi connectivity index (χ3n) is 3.11. The molecule has 1 aliphatic carbocycles. The van der Waals surface area contributed by atoms with E-state index in [1.807, 2.05) is 6.92 Å². The van der Waals surface area contributed by atoms with E-state index < -0.39 is 5.54 Å². The van der Waals surface area contributed by atoms with Crippen LogP contribution >= 0.6 is 0 Å². The van der Waals surface area contributed by atoms with E-state index in [9.17, 15) is 4.79 Å². The molecular formula is C8H12N2O2. The fourth-order valence-electron chi connectivity index (χ4n) is 1.82. The van der Waals surface area contributed by atoms with Crippen LogP contribution in [0.4, 0.5) is 0 Å². The molecule has 1 atom stereocenters. The number of methoxy groups -OCH3 is 1. The van der Waals surface area contributed by atoms with Gasteiger partial charge < -0.3 is 4.74 Å². The molecule has 0 N–H and O–H groups in total. The number of rotatable bonds is 1. The quantitative estimate of drug-likeness (QED) is 0.552. The minimum Gasteiger partial charge on any atom is -0.467 e. The summed E-state index contributed by atoms with van der Waals surface area (Å²) < 4.78 is 4.72. The summed E-state index contributed by atoms with van der Waals surface area (Å²) in [7, 11) is 1.40. The lowest BCUT2D eigenvalue weighted by atomic mass is 9.84. The van der Waals surface area contributed by atoms with Gasteiger partial charge in [0, 0.05) is 5.41 Å². The second kappa shape index (κ2) is 2.06. The predicted molar refractivity (Wildman–Crippen MR) is 41.8 cm³/mol. The van der Waals surface area contributed by atoms with Gasteiger partial charge >= 0.3 is 5.97 Å². The van der Waals surface area contributed by atoms with E-state index in [1.165, 1.54) is 7.11 Å². The van der Waals surface area contributed by atoms with Gasteiger partial charge in [-0.05, 0) is 19.8 Å². The topological polar surface area (TPSA) is 51.0 Å². The van der Waals surface area contributed by atoms with Gasteiger partial charge in [0.1, 0.15) is 0 Å². The Morgan fingerprint density at radius 2 is 2.17 bits per heavy atom. The normalized spacial score (nSPS) is 35.5. The van der Waals surface area contributed by atoms with Crippen molar-refractivity contribution in [3.63, 3.8) is 0 Å². The van der Waals surface area contributed by atoms with Crippen LogP contribution in [0, 0.1) is 5.41 Å². The van der Waals surface area contributed by atoms with Crippen LogP contribution in [0.15, 0.2) is 10.2 Å². The standard InChI is InChI=1S/C8H12N2O2/c1-7(6(11)12-2)8(3-4-8)5-9-10-7/h3-5H2,1-2H3/t7-/m0/s1. The van der Waals surface area contributed by atoms with Gasteiger partial charge in [0.2, 0.25) is 0 Å². The van der Waals surface area contributed by atoms with Crippen molar-refractivity contribution >= 4 is 5.97 Å². The Hall–Kier alpha value is -0.930. The van der Waals surface area contributed by atoms with Crippen molar-refractivity contribution in [2.45, 2.75) is 25.3 Å². The monoisotopic (exact) mass is 168 g/mol. The number of carbonyl (C=O) groups excluding carboxylic acids is 1. The Kier molecular flexibility index (Phi) is 1.32. The molecule has 0 saturated heterocycles. The Labute approximate surface area is 71.0 Å². The average Bonchev–Trinajstić information content (AvgIpc) is 2.76. The van der Waals surface area contributed by atoms with Crippen molar-refractivity contribution in [2.24, 2.45) is 15.6 Å². The number of hydrogen-bond acceptors (Lipinski definition) is 4. The molecule has 0 aromatic carbocycles. The van der Waals surface area contributed by atoms with E-state index in [0.717, 1.165) is 12.8 Å². The summed E-state index contributed by atoms with van der Waals surface area (Å²) in [4.78, 5) is 11.4. The molecule has 2 aliphatic rings. The number of hydrogen-bond donors (Lipinski definition) is 0. The maximum absolute atomic E-state index is 11.4. The third kappa shape index (κ3) is 0.699. The van der Waals surface area contributed by atoms with Crippen molar-refractivity contribution < 1.29 is 9.53 Å². The van der Waals surface area contributed by atoms with Crippen LogP contribution in [-0.2, 0) is 9.53 Å². The van der Waals surface area contributed by atoms with Gasteiger partial charge in [-0.25, -0.2) is 4.79 Å². The van der Waals surface area contributed by atoms with E-state index in [4.69, 9.17) is 4.74 Å². The summed E-state index contributed by atoms with van der Waals surface area (Å²) in [5.74, 6) is -0.249. The second-order valence-electron chi connectivity index (χ2n) is 3.74. The SMILES string of the molecule is COC(=O)[C@]1(C)N=NCC12CC2. The highest BCUT2D eigenvalue weighted by Gasteiger charge is 2.64. The number of ether oxygens (including phenoxy) is 1. The van der Waals surface area contributed by atoms with E-state index in [2.05, 4.69) is 10.2 Å². The van der Waals surface area contributed by atoms with Gasteiger partial charge in [0.15, 0.2) is 5.54 Å². The van der Waals surface area contributed by atoms with Crippen molar-refractivity contribution in [3.8, 4) is 0 Å². The number of azo groups is 1. The Bertz CT molecular complexity index is 258. The smallest absolute Gasteiger partial charge is 0.336 e. The molecule has 0 amide bonds. The maximum atomic E-state index is 11.4. The van der Waals surface area contributed by atoms with Gasteiger partial charge in [-0.15, -0.1) is 0 Å². The first-order chi connectivity index (χ1) is 5.65. The highest BCUT2D eigenvalue weighted by molar-refractivity contribution is 5.82. The second-order valence-corrected chi connectivity index (χ2v) is 3.74. The number of nitrogens with zero attached hydrogens (tertiary/aromatic N) is 2. The molecule has 2 rings (SSSR count). The van der Waals surface area contributed by atoms with Crippen molar-refractivity contribution in [2.75, 3.05) is 13.7 Å². The van der Waals surface area contributed by atoms with Crippen molar-refractivity contribution in [1.29, 1.82) is 0 Å². The average molecular weight is 168 g/mol. The van der Waals surface area contributed by atoms with Gasteiger partial charge in [0.05, 0.1) is 13.7 Å². The van der Waals surface area contributed by atoms with Crippen LogP contribution < -0.4 is 0 Å². The van der Waals surface area contributed by atoms with Crippen LogP contribution in [0.2, 0.25) is 0 Å². The lowest BCUT2D eigenvalue weighted by Crippen LogP contribution is -2.41. The zero-order valence-corrected chi connectivity index (χ0v) is 7.33. The summed E-state index contributed by atoms with van der Waals surface area (Å²) >= 11 is 0. The molecule has 4 heteroatoms. The van der Waals surface area contributed by atoms with Crippen LogP contribution in [-0.4, -0.2) is 25.2 Å². The van der Waals surface area contributed by atoms with Crippen LogP contribution in [0.1, 0.15) is 19.8 Å². The lowest BCUT2D eigenvalue weighted by molar-refractivity contribution is -0.148. The molecule has 1 fully saturated rings. The Morgan fingerprint density at radius 3 is 2.67 bits per heavy atom. The Morgan fingerprint density at radius 1 is 1.50 bits per heavy atom. The fraction of sp³-hybridized carbons (Fsp3) is 0.875. The maximum Gasteiger partial charge on any atom is 0.336 e. The third-order valence-corrected chi connectivity index (χ3v) is 3.11. The molecule has 0 bridgehead atoms. The summed E-state index contributed by atoms with van der Waals surface area (Å²) in [6.45, 7) is 2.51. The van der Waals surface area contributed by atoms with Crippen molar-refractivity contribution in [3.05, 3.63) is 0 Å². The molecular weight excluding hydrogens is 156 g/mol. The molecule has 4 nitrogen and oxygen atoms in total. The Balaban J connectivity index is 2.29. The highest BCUT2D eigenvalue weighted by atomic mass is 16.5. The number of esters is 1. The molecule has 0 radical (unpaired) electrons. The zero-order valence-electron chi connectivity index (χ0n) is 7.33. The number of carbonyl (C=O) groups is 1. The van der Waals surface area contributed by atoms with Gasteiger partial charge in [-0.3, -0.25) is 0 Å². The van der Waals surface area contributed by atoms with Crippen LogP contribution in [0.5, 0.6) is 0 Å². The van der Waals surface area contributed by atoms with Gasteiger partial charge in [-0.1, -0.05) is 0 Å².